The van der Waals surface area contributed by atoms with Crippen LogP contribution in [-0.4, -0.2) is 50.3 Å². The van der Waals surface area contributed by atoms with E-state index in [1.165, 1.54) is 12.1 Å². The summed E-state index contributed by atoms with van der Waals surface area (Å²) in [6.07, 6.45) is 0. The molecule has 154 valence electrons. The normalized spacial score (nSPS) is 13.8. The summed E-state index contributed by atoms with van der Waals surface area (Å²) in [5, 5.41) is 14.0. The molecule has 3 rings (SSSR count). The van der Waals surface area contributed by atoms with Crippen LogP contribution in [-0.2, 0) is 4.74 Å². The first-order chi connectivity index (χ1) is 14.0. The van der Waals surface area contributed by atoms with Crippen LogP contribution in [0.4, 0.5) is 11.4 Å². The van der Waals surface area contributed by atoms with Crippen LogP contribution in [0.2, 0.25) is 0 Å². The molecular weight excluding hydrogens is 374 g/mol. The van der Waals surface area contributed by atoms with Gasteiger partial charge in [-0.15, -0.1) is 0 Å². The van der Waals surface area contributed by atoms with Gasteiger partial charge >= 0.3 is 0 Å². The summed E-state index contributed by atoms with van der Waals surface area (Å²) in [7, 11) is 0. The highest BCUT2D eigenvalue weighted by molar-refractivity contribution is 6.00. The van der Waals surface area contributed by atoms with Gasteiger partial charge in [0.05, 0.1) is 35.9 Å². The lowest BCUT2D eigenvalue weighted by Gasteiger charge is -2.30. The average Bonchev–Trinajstić information content (AvgIpc) is 2.72. The molecule has 1 N–H and O–H groups in total. The van der Waals surface area contributed by atoms with E-state index in [0.29, 0.717) is 38.6 Å². The van der Waals surface area contributed by atoms with Gasteiger partial charge in [-0.3, -0.25) is 14.9 Å². The van der Waals surface area contributed by atoms with Crippen molar-refractivity contribution in [2.45, 2.75) is 13.8 Å². The summed E-state index contributed by atoms with van der Waals surface area (Å²) in [5.41, 5.74) is 3.03. The molecule has 1 aliphatic rings. The molecule has 2 aromatic carbocycles. The van der Waals surface area contributed by atoms with Gasteiger partial charge in [-0.05, 0) is 31.5 Å². The van der Waals surface area contributed by atoms with Gasteiger partial charge in [0, 0.05) is 25.2 Å². The number of hydrogen-bond acceptors (Lipinski definition) is 6. The monoisotopic (exact) mass is 399 g/mol. The molecule has 2 aromatic rings. The zero-order valence-electron chi connectivity index (χ0n) is 16.6. The number of aryl methyl sites for hydroxylation is 2. The number of hydrogen-bond donors (Lipinski definition) is 1. The van der Waals surface area contributed by atoms with E-state index in [9.17, 15) is 14.9 Å². The van der Waals surface area contributed by atoms with E-state index in [4.69, 9.17) is 9.47 Å². The van der Waals surface area contributed by atoms with Crippen molar-refractivity contribution in [1.29, 1.82) is 0 Å². The Balaban J connectivity index is 1.66. The third-order valence-electron chi connectivity index (χ3n) is 4.76. The highest BCUT2D eigenvalue weighted by atomic mass is 16.6. The first kappa shape index (κ1) is 20.6. The molecule has 1 heterocycles. The molecule has 29 heavy (non-hydrogen) atoms. The fourth-order valence-corrected chi connectivity index (χ4v) is 3.28. The number of carbonyl (C=O) groups is 1. The lowest BCUT2D eigenvalue weighted by Crippen LogP contribution is -2.38. The number of morpholine rings is 1. The highest BCUT2D eigenvalue weighted by Crippen LogP contribution is 2.26. The van der Waals surface area contributed by atoms with Gasteiger partial charge in [0.15, 0.2) is 0 Å². The minimum absolute atomic E-state index is 0.112. The Hall–Kier alpha value is -3.13. The summed E-state index contributed by atoms with van der Waals surface area (Å²) in [6.45, 7) is 6.96. The van der Waals surface area contributed by atoms with Crippen molar-refractivity contribution in [3.05, 3.63) is 63.2 Å². The van der Waals surface area contributed by atoms with Gasteiger partial charge < -0.3 is 19.7 Å². The minimum atomic E-state index is -0.497. The first-order valence-electron chi connectivity index (χ1n) is 9.55. The fourth-order valence-electron chi connectivity index (χ4n) is 3.28. The van der Waals surface area contributed by atoms with Crippen molar-refractivity contribution < 1.29 is 19.2 Å². The van der Waals surface area contributed by atoms with Gasteiger partial charge in [0.1, 0.15) is 12.4 Å². The maximum absolute atomic E-state index is 12.8. The third-order valence-corrected chi connectivity index (χ3v) is 4.76. The number of amides is 1. The third kappa shape index (κ3) is 5.23. The number of rotatable bonds is 7. The quantitative estimate of drug-likeness (QED) is 0.437. The van der Waals surface area contributed by atoms with Crippen molar-refractivity contribution in [3.63, 3.8) is 0 Å². The summed E-state index contributed by atoms with van der Waals surface area (Å²) >= 11 is 0. The Morgan fingerprint density at radius 3 is 2.66 bits per heavy atom. The van der Waals surface area contributed by atoms with E-state index in [0.717, 1.165) is 16.9 Å². The number of nitro benzene ring substituents is 1. The molecular formula is C21H25N3O5. The second-order valence-electron chi connectivity index (χ2n) is 6.93. The van der Waals surface area contributed by atoms with E-state index < -0.39 is 4.92 Å². The summed E-state index contributed by atoms with van der Waals surface area (Å²) in [4.78, 5) is 25.4. The number of nitrogens with zero attached hydrogens (tertiary/aromatic N) is 2. The van der Waals surface area contributed by atoms with E-state index in [2.05, 4.69) is 5.32 Å². The highest BCUT2D eigenvalue weighted by Gasteiger charge is 2.22. The molecule has 1 amide bonds. The molecule has 0 bridgehead atoms. The van der Waals surface area contributed by atoms with Crippen LogP contribution in [0, 0.1) is 24.0 Å². The Bertz CT molecular complexity index is 894. The van der Waals surface area contributed by atoms with Gasteiger partial charge in [-0.1, -0.05) is 17.7 Å². The fraction of sp³-hybridized carbons (Fsp3) is 0.381. The van der Waals surface area contributed by atoms with Gasteiger partial charge in [0.2, 0.25) is 0 Å². The molecule has 8 heteroatoms. The molecule has 0 spiro atoms. The van der Waals surface area contributed by atoms with Crippen molar-refractivity contribution in [3.8, 4) is 5.75 Å². The van der Waals surface area contributed by atoms with Gasteiger partial charge in [-0.25, -0.2) is 0 Å². The summed E-state index contributed by atoms with van der Waals surface area (Å²) in [6, 6.07) is 10.3. The van der Waals surface area contributed by atoms with Crippen molar-refractivity contribution in [1.82, 2.24) is 5.32 Å². The Labute approximate surface area is 169 Å². The second-order valence-corrected chi connectivity index (χ2v) is 6.93. The second kappa shape index (κ2) is 9.38. The zero-order valence-corrected chi connectivity index (χ0v) is 16.6. The van der Waals surface area contributed by atoms with Crippen LogP contribution < -0.4 is 15.0 Å². The number of benzene rings is 2. The molecule has 0 aliphatic carbocycles. The lowest BCUT2D eigenvalue weighted by atomic mass is 10.1. The van der Waals surface area contributed by atoms with Gasteiger partial charge in [-0.2, -0.15) is 0 Å². The number of carbonyl (C=O) groups excluding carboxylic acids is 1. The Morgan fingerprint density at radius 1 is 1.21 bits per heavy atom. The predicted molar refractivity (Wildman–Crippen MR) is 110 cm³/mol. The van der Waals surface area contributed by atoms with Crippen LogP contribution in [0.15, 0.2) is 36.4 Å². The average molecular weight is 399 g/mol. The first-order valence-corrected chi connectivity index (χ1v) is 9.55. The number of nitro groups is 1. The van der Waals surface area contributed by atoms with Crippen molar-refractivity contribution in [2.75, 3.05) is 44.4 Å². The van der Waals surface area contributed by atoms with Crippen LogP contribution in [0.3, 0.4) is 0 Å². The Kier molecular flexibility index (Phi) is 6.66. The van der Waals surface area contributed by atoms with E-state index in [1.807, 2.05) is 36.9 Å². The van der Waals surface area contributed by atoms with E-state index in [-0.39, 0.29) is 23.7 Å². The predicted octanol–water partition coefficient (Wildman–Crippen LogP) is 2.86. The summed E-state index contributed by atoms with van der Waals surface area (Å²) in [5.74, 6) is 0.411. The molecule has 0 aromatic heterocycles. The molecule has 0 radical (unpaired) electrons. The van der Waals surface area contributed by atoms with Crippen LogP contribution in [0.5, 0.6) is 5.75 Å². The maximum atomic E-state index is 12.8. The van der Waals surface area contributed by atoms with Gasteiger partial charge in [0.25, 0.3) is 11.6 Å². The van der Waals surface area contributed by atoms with Crippen molar-refractivity contribution >= 4 is 17.3 Å². The summed E-state index contributed by atoms with van der Waals surface area (Å²) < 4.78 is 11.1. The molecule has 1 fully saturated rings. The number of non-ortho nitro benzene ring substituents is 1. The van der Waals surface area contributed by atoms with Crippen LogP contribution in [0.1, 0.15) is 21.5 Å². The smallest absolute Gasteiger partial charge is 0.270 e. The minimum Gasteiger partial charge on any atom is -0.491 e. The van der Waals surface area contributed by atoms with Crippen molar-refractivity contribution in [2.24, 2.45) is 0 Å². The Morgan fingerprint density at radius 2 is 1.97 bits per heavy atom. The molecule has 0 atom stereocenters. The maximum Gasteiger partial charge on any atom is 0.270 e. The molecule has 8 nitrogen and oxygen atoms in total. The van der Waals surface area contributed by atoms with E-state index >= 15 is 0 Å². The molecule has 0 saturated carbocycles. The number of ether oxygens (including phenoxy) is 2. The zero-order chi connectivity index (χ0) is 20.8. The largest absolute Gasteiger partial charge is 0.491 e. The van der Waals surface area contributed by atoms with Crippen LogP contribution >= 0.6 is 0 Å². The SMILES string of the molecule is Cc1ccc(OCCNC(=O)c2cc([N+](=O)[O-])ccc2N2CCOCC2)c(C)c1. The molecule has 0 unspecified atom stereocenters. The number of anilines is 1. The van der Waals surface area contributed by atoms with Crippen LogP contribution in [0.25, 0.3) is 0 Å². The van der Waals surface area contributed by atoms with E-state index in [1.54, 1.807) is 6.07 Å². The topological polar surface area (TPSA) is 93.9 Å². The standard InChI is InChI=1S/C21H25N3O5/c1-15-3-6-20(16(2)13-15)29-10-7-22-21(25)18-14-17(24(26)27)4-5-19(18)23-8-11-28-12-9-23/h3-6,13-14H,7-12H2,1-2H3,(H,22,25). The molecule has 1 saturated heterocycles. The number of nitrogens with one attached hydrogen (secondary N) is 1. The molecule has 1 aliphatic heterocycles. The lowest BCUT2D eigenvalue weighted by molar-refractivity contribution is -0.384.